The summed E-state index contributed by atoms with van der Waals surface area (Å²) in [7, 11) is -0.994. The number of amides is 2. The van der Waals surface area contributed by atoms with Gasteiger partial charge in [-0.1, -0.05) is 59.6 Å². The molecule has 5 saturated carbocycles. The highest BCUT2D eigenvalue weighted by molar-refractivity contribution is 6.76. The number of ether oxygens (including phenoxy) is 4. The lowest BCUT2D eigenvalue weighted by molar-refractivity contribution is -0.192. The third kappa shape index (κ3) is 40.0. The van der Waals surface area contributed by atoms with Gasteiger partial charge >= 0.3 is 42.1 Å². The summed E-state index contributed by atoms with van der Waals surface area (Å²) in [5.41, 5.74) is 3.38. The molecule has 0 aromatic rings. The standard InChI is InChI=1S/C20H37F2NO4Si.C14H24F2O4Si.C13H21F2NO3.C9H16F2O.C7H11F2NO2.CO2/c1-19(2,3)27-18(25)23(4)14-15(10-16-12-20(21,22)13-16)11-17(24)26-8-9-28(5,6)7;1-21(2,3)5-4-20-12(17)7-11(13(18)19)6-10-8-14(15,16)9-10;1-4-12(16-9(3)17,11(18)19-5-2)6-10-7-13(14,15)8-10;1-2-7(6-12)3-8-4-9(10,11)5-8;8-7(9)2-4(3-7)1-5(10)6(11)12;2-1-3/h15-16H,8-14H2,1-7H3;10-11H,4-9H2,1-3H3,(H,18,19);10H,4-8H2,1-3H3,(H,16,17);7-8,12H,2-6H2,1H3;4-5H,1-3,10H2,(H,11,12);. The van der Waals surface area contributed by atoms with Crippen molar-refractivity contribution < 1.29 is 121 Å². The van der Waals surface area contributed by atoms with Crippen LogP contribution in [0.2, 0.25) is 51.4 Å². The second kappa shape index (κ2) is 39.6. The van der Waals surface area contributed by atoms with Crippen molar-refractivity contribution in [1.29, 1.82) is 0 Å². The molecule has 5 atom stereocenters. The molecule has 0 bridgehead atoms. The predicted octanol–water partition coefficient (Wildman–Crippen LogP) is 13.5. The molecule has 5 aliphatic rings. The predicted molar refractivity (Wildman–Crippen MR) is 337 cm³/mol. The third-order valence-corrected chi connectivity index (χ3v) is 20.0. The lowest BCUT2D eigenvalue weighted by Gasteiger charge is -2.41. The Morgan fingerprint density at radius 1 is 0.600 bits per heavy atom. The first-order valence-electron chi connectivity index (χ1n) is 32.6. The maximum Gasteiger partial charge on any atom is 0.410 e. The zero-order chi connectivity index (χ0) is 73.9. The average Bonchev–Trinajstić information content (AvgIpc) is 0.805. The molecule has 95 heavy (non-hydrogen) atoms. The number of carboxylic acids is 2. The second-order valence-electron chi connectivity index (χ2n) is 29.9. The highest BCUT2D eigenvalue weighted by Gasteiger charge is 2.52. The lowest BCUT2D eigenvalue weighted by atomic mass is 9.72. The van der Waals surface area contributed by atoms with Crippen LogP contribution < -0.4 is 11.1 Å². The number of alkyl halides is 10. The van der Waals surface area contributed by atoms with Gasteiger partial charge in [0.05, 0.1) is 38.6 Å². The van der Waals surface area contributed by atoms with Gasteiger partial charge in [-0.2, -0.15) is 9.59 Å². The summed E-state index contributed by atoms with van der Waals surface area (Å²) in [5, 5.41) is 28.9. The SMILES string of the molecule is CCC(CO)CC1CC(F)(F)C1.CCOC(=O)C(CC)(CC1CC(F)(F)C1)NC(C)=O.CN(CC(CC(=O)OCC[Si](C)(C)C)CC1CC(F)(F)C1)C(=O)OC(C)(C)C.C[Si](C)(C)CCOC(=O)CC(CC1CC(F)(F)C1)C(=O)O.NC(CC1CC(F)(F)C1)C(=O)O.O=C=O. The number of aliphatic carboxylic acids is 2. The van der Waals surface area contributed by atoms with Crippen LogP contribution in [-0.2, 0) is 57.3 Å². The Balaban J connectivity index is 0.00000119. The van der Waals surface area contributed by atoms with E-state index >= 15 is 0 Å². The smallest absolute Gasteiger partial charge is 0.410 e. The Hall–Kier alpha value is -4.88. The van der Waals surface area contributed by atoms with Crippen molar-refractivity contribution in [3.05, 3.63) is 0 Å². The fraction of sp³-hybridized carbons (Fsp3) is 0.875. The fourth-order valence-corrected chi connectivity index (χ4v) is 12.8. The van der Waals surface area contributed by atoms with E-state index in [1.165, 1.54) is 11.8 Å². The highest BCUT2D eigenvalue weighted by atomic mass is 28.3. The van der Waals surface area contributed by atoms with Crippen LogP contribution in [0.25, 0.3) is 0 Å². The molecule has 5 fully saturated rings. The summed E-state index contributed by atoms with van der Waals surface area (Å²) in [4.78, 5) is 98.4. The van der Waals surface area contributed by atoms with Crippen LogP contribution in [0.15, 0.2) is 0 Å². The number of aliphatic hydroxyl groups is 1. The molecule has 0 radical (unpaired) electrons. The summed E-state index contributed by atoms with van der Waals surface area (Å²) in [5.74, 6) is -18.6. The highest BCUT2D eigenvalue weighted by Crippen LogP contribution is 2.49. The number of nitrogens with two attached hydrogens (primary N) is 1. The van der Waals surface area contributed by atoms with Crippen LogP contribution in [0.4, 0.5) is 48.7 Å². The largest absolute Gasteiger partial charge is 0.481 e. The van der Waals surface area contributed by atoms with Crippen molar-refractivity contribution in [3.8, 4) is 0 Å². The number of rotatable bonds is 30. The van der Waals surface area contributed by atoms with Gasteiger partial charge < -0.3 is 50.2 Å². The lowest BCUT2D eigenvalue weighted by Crippen LogP contribution is -2.57. The van der Waals surface area contributed by atoms with Crippen molar-refractivity contribution in [2.24, 2.45) is 53.1 Å². The van der Waals surface area contributed by atoms with E-state index < -0.39 is 98.8 Å². The Bertz CT molecular complexity index is 2400. The first kappa shape index (κ1) is 90.1. The summed E-state index contributed by atoms with van der Waals surface area (Å²) in [6, 6.07) is 0.715. The van der Waals surface area contributed by atoms with Gasteiger partial charge in [-0.05, 0) is 120 Å². The van der Waals surface area contributed by atoms with E-state index in [0.29, 0.717) is 26.1 Å². The number of carbonyl (C=O) groups is 7. The molecule has 0 aromatic heterocycles. The van der Waals surface area contributed by atoms with Gasteiger partial charge in [0.25, 0.3) is 0 Å². The molecule has 6 N–H and O–H groups in total. The number of nitrogens with zero attached hydrogens (tertiary/aromatic N) is 1. The van der Waals surface area contributed by atoms with Gasteiger partial charge in [0.2, 0.25) is 35.5 Å². The van der Waals surface area contributed by atoms with Crippen LogP contribution in [0.3, 0.4) is 0 Å². The van der Waals surface area contributed by atoms with E-state index in [2.05, 4.69) is 44.6 Å². The quantitative estimate of drug-likeness (QED) is 0.0193. The molecule has 0 aromatic carbocycles. The Labute approximate surface area is 555 Å². The van der Waals surface area contributed by atoms with Crippen LogP contribution >= 0.6 is 0 Å². The molecule has 554 valence electrons. The number of nitrogens with one attached hydrogen (secondary N) is 1. The van der Waals surface area contributed by atoms with Crippen molar-refractivity contribution in [1.82, 2.24) is 10.2 Å². The normalized spacial score (nSPS) is 20.3. The molecule has 0 heterocycles. The number of hydrogen-bond acceptors (Lipinski definition) is 15. The van der Waals surface area contributed by atoms with E-state index in [1.807, 2.05) is 6.92 Å². The maximum absolute atomic E-state index is 13.2. The van der Waals surface area contributed by atoms with Crippen LogP contribution in [0.5, 0.6) is 0 Å². The molecule has 0 saturated heterocycles. The Morgan fingerprint density at radius 2 is 0.968 bits per heavy atom. The van der Waals surface area contributed by atoms with Gasteiger partial charge in [-0.25, -0.2) is 53.5 Å². The Morgan fingerprint density at radius 3 is 1.28 bits per heavy atom. The maximum atomic E-state index is 13.2. The van der Waals surface area contributed by atoms with Gasteiger partial charge in [-0.3, -0.25) is 24.0 Å². The molecule has 19 nitrogen and oxygen atoms in total. The third-order valence-electron chi connectivity index (χ3n) is 16.6. The minimum Gasteiger partial charge on any atom is -0.481 e. The van der Waals surface area contributed by atoms with E-state index in [9.17, 15) is 77.5 Å². The summed E-state index contributed by atoms with van der Waals surface area (Å²) in [6.45, 7) is 26.4. The zero-order valence-electron chi connectivity index (χ0n) is 58.0. The molecule has 2 amide bonds. The molecule has 5 unspecified atom stereocenters. The summed E-state index contributed by atoms with van der Waals surface area (Å²) in [6.07, 6.45) is 0.929. The van der Waals surface area contributed by atoms with E-state index in [4.69, 9.17) is 49.6 Å². The molecule has 0 aliphatic heterocycles. The molecule has 5 rings (SSSR count). The second-order valence-corrected chi connectivity index (χ2v) is 41.1. The van der Waals surface area contributed by atoms with Gasteiger partial charge in [0.15, 0.2) is 0 Å². The van der Waals surface area contributed by atoms with Crippen LogP contribution in [-0.4, -0.2) is 171 Å². The van der Waals surface area contributed by atoms with Crippen molar-refractivity contribution >= 4 is 64.1 Å². The number of esters is 3. The summed E-state index contributed by atoms with van der Waals surface area (Å²) >= 11 is 0. The minimum absolute atomic E-state index is 0.0312. The van der Waals surface area contributed by atoms with Crippen LogP contribution in [0.1, 0.15) is 170 Å². The Kier molecular flexibility index (Phi) is 37.6. The topological polar surface area (TPSA) is 293 Å². The average molecular weight is 1420 g/mol. The number of halogens is 10. The van der Waals surface area contributed by atoms with E-state index in [1.54, 1.807) is 41.7 Å². The first-order valence-corrected chi connectivity index (χ1v) is 40.0. The monoisotopic (exact) mass is 1420 g/mol. The molecular formula is C64H109F10N3O16Si2. The molecular weight excluding hydrogens is 1310 g/mol. The number of hydrogen-bond donors (Lipinski definition) is 5. The van der Waals surface area contributed by atoms with Gasteiger partial charge in [-0.15, -0.1) is 0 Å². The zero-order valence-corrected chi connectivity index (χ0v) is 60.0. The van der Waals surface area contributed by atoms with Crippen LogP contribution in [0, 0.1) is 47.3 Å². The van der Waals surface area contributed by atoms with Gasteiger partial charge in [0, 0.05) is 107 Å². The first-order chi connectivity index (χ1) is 43.2. The van der Waals surface area contributed by atoms with E-state index in [0.717, 1.165) is 24.9 Å². The molecule has 5 aliphatic carbocycles. The fourth-order valence-electron chi connectivity index (χ4n) is 11.4. The minimum atomic E-state index is -2.66. The van der Waals surface area contributed by atoms with E-state index in [-0.39, 0.29) is 176 Å². The van der Waals surface area contributed by atoms with Crippen molar-refractivity contribution in [3.63, 3.8) is 0 Å². The number of carbonyl (C=O) groups excluding carboxylic acids is 7. The number of carboxylic acid groups (broad SMARTS) is 2. The molecule has 31 heteroatoms. The van der Waals surface area contributed by atoms with Crippen molar-refractivity contribution in [2.45, 2.75) is 269 Å². The van der Waals surface area contributed by atoms with Crippen molar-refractivity contribution in [2.75, 3.05) is 40.0 Å². The summed E-state index contributed by atoms with van der Waals surface area (Å²) < 4.78 is 148. The molecule has 0 spiro atoms. The number of aliphatic hydroxyl groups excluding tert-OH is 1. The van der Waals surface area contributed by atoms with Gasteiger partial charge in [0.1, 0.15) is 17.2 Å².